The number of nitrogen functional groups attached to an aromatic ring is 1. The lowest BCUT2D eigenvalue weighted by molar-refractivity contribution is -0.388. The predicted octanol–water partition coefficient (Wildman–Crippen LogP) is 1.46. The third-order valence-corrected chi connectivity index (χ3v) is 3.09. The molecule has 17 heavy (non-hydrogen) atoms. The molecule has 0 aromatic carbocycles. The number of nitrogens with zero attached hydrogens (tertiary/aromatic N) is 4. The fourth-order valence-corrected chi connectivity index (χ4v) is 2.09. The summed E-state index contributed by atoms with van der Waals surface area (Å²) in [7, 11) is 1.80. The van der Waals surface area contributed by atoms with Crippen molar-refractivity contribution in [3.05, 3.63) is 34.6 Å². The number of hydrogen-bond acceptors (Lipinski definition) is 6. The standard InChI is InChI=1S/C9H9N5O2S/c1-13-5-4-11-9(13)17-8-6(14(15)16)2-3-7(10)12-8/h2-5H,1H3,(H2,10,12). The Kier molecular flexibility index (Phi) is 2.96. The number of aryl methyl sites for hydroxylation is 1. The molecule has 0 unspecified atom stereocenters. The Morgan fingerprint density at radius 1 is 1.53 bits per heavy atom. The molecule has 2 N–H and O–H groups in total. The van der Waals surface area contributed by atoms with Crippen molar-refractivity contribution >= 4 is 23.3 Å². The molecule has 88 valence electrons. The third-order valence-electron chi connectivity index (χ3n) is 2.02. The second kappa shape index (κ2) is 4.42. The number of anilines is 1. The van der Waals surface area contributed by atoms with Gasteiger partial charge in [-0.15, -0.1) is 0 Å². The van der Waals surface area contributed by atoms with Crippen LogP contribution in [-0.2, 0) is 7.05 Å². The lowest BCUT2D eigenvalue weighted by Gasteiger charge is -2.02. The molecule has 2 rings (SSSR count). The Labute approximate surface area is 101 Å². The minimum atomic E-state index is -0.488. The van der Waals surface area contributed by atoms with Gasteiger partial charge in [-0.3, -0.25) is 10.1 Å². The smallest absolute Gasteiger partial charge is 0.301 e. The molecule has 0 saturated heterocycles. The number of imidazole rings is 1. The molecule has 0 aliphatic heterocycles. The molecule has 2 aromatic rings. The van der Waals surface area contributed by atoms with E-state index in [1.165, 1.54) is 12.1 Å². The molecule has 0 saturated carbocycles. The van der Waals surface area contributed by atoms with E-state index in [0.717, 1.165) is 11.8 Å². The number of aromatic nitrogens is 3. The first-order valence-corrected chi connectivity index (χ1v) is 5.45. The van der Waals surface area contributed by atoms with Gasteiger partial charge in [0.15, 0.2) is 10.2 Å². The van der Waals surface area contributed by atoms with Crippen LogP contribution in [0.2, 0.25) is 0 Å². The monoisotopic (exact) mass is 251 g/mol. The van der Waals surface area contributed by atoms with Gasteiger partial charge in [0.05, 0.1) is 4.92 Å². The Morgan fingerprint density at radius 2 is 2.29 bits per heavy atom. The van der Waals surface area contributed by atoms with E-state index < -0.39 is 4.92 Å². The molecule has 0 bridgehead atoms. The Bertz CT molecular complexity index is 568. The van der Waals surface area contributed by atoms with Gasteiger partial charge in [0.25, 0.3) is 0 Å². The number of hydrogen-bond donors (Lipinski definition) is 1. The first-order chi connectivity index (χ1) is 8.08. The number of nitrogens with two attached hydrogens (primary N) is 1. The van der Waals surface area contributed by atoms with Crippen LogP contribution in [0, 0.1) is 10.1 Å². The molecule has 0 amide bonds. The lowest BCUT2D eigenvalue weighted by atomic mass is 10.4. The van der Waals surface area contributed by atoms with Crippen molar-refractivity contribution < 1.29 is 4.92 Å². The van der Waals surface area contributed by atoms with Gasteiger partial charge in [-0.1, -0.05) is 0 Å². The van der Waals surface area contributed by atoms with E-state index in [0.29, 0.717) is 5.16 Å². The lowest BCUT2D eigenvalue weighted by Crippen LogP contribution is -1.98. The van der Waals surface area contributed by atoms with E-state index in [-0.39, 0.29) is 16.5 Å². The average Bonchev–Trinajstić information content (AvgIpc) is 2.64. The number of pyridine rings is 1. The van der Waals surface area contributed by atoms with E-state index >= 15 is 0 Å². The Balaban J connectivity index is 2.41. The minimum Gasteiger partial charge on any atom is -0.384 e. The topological polar surface area (TPSA) is 99.9 Å². The van der Waals surface area contributed by atoms with Crippen molar-refractivity contribution in [3.8, 4) is 0 Å². The normalized spacial score (nSPS) is 10.4. The maximum atomic E-state index is 10.8. The van der Waals surface area contributed by atoms with Crippen LogP contribution in [0.5, 0.6) is 0 Å². The van der Waals surface area contributed by atoms with E-state index in [1.54, 1.807) is 24.0 Å². The fourth-order valence-electron chi connectivity index (χ4n) is 1.20. The molecule has 0 fully saturated rings. The van der Waals surface area contributed by atoms with Gasteiger partial charge in [-0.2, -0.15) is 0 Å². The van der Waals surface area contributed by atoms with Gasteiger partial charge >= 0.3 is 5.69 Å². The van der Waals surface area contributed by atoms with E-state index in [1.807, 2.05) is 0 Å². The molecule has 0 aliphatic rings. The van der Waals surface area contributed by atoms with Crippen molar-refractivity contribution in [3.63, 3.8) is 0 Å². The summed E-state index contributed by atoms with van der Waals surface area (Å²) in [6.07, 6.45) is 3.36. The average molecular weight is 251 g/mol. The SMILES string of the molecule is Cn1ccnc1Sc1nc(N)ccc1[N+](=O)[O-]. The van der Waals surface area contributed by atoms with Crippen molar-refractivity contribution in [1.29, 1.82) is 0 Å². The minimum absolute atomic E-state index is 0.0767. The van der Waals surface area contributed by atoms with Gasteiger partial charge in [-0.25, -0.2) is 9.97 Å². The number of nitro groups is 1. The Hall–Kier alpha value is -2.09. The maximum Gasteiger partial charge on any atom is 0.301 e. The third kappa shape index (κ3) is 2.36. The van der Waals surface area contributed by atoms with E-state index in [2.05, 4.69) is 9.97 Å². The van der Waals surface area contributed by atoms with Crippen LogP contribution in [0.4, 0.5) is 11.5 Å². The summed E-state index contributed by atoms with van der Waals surface area (Å²) < 4.78 is 1.75. The first-order valence-electron chi connectivity index (χ1n) is 4.64. The summed E-state index contributed by atoms with van der Waals surface area (Å²) in [5, 5.41) is 11.7. The van der Waals surface area contributed by atoms with Crippen LogP contribution in [0.15, 0.2) is 34.7 Å². The summed E-state index contributed by atoms with van der Waals surface area (Å²) in [5.74, 6) is 0.243. The first kappa shape index (κ1) is 11.4. The molecule has 0 radical (unpaired) electrons. The molecule has 7 nitrogen and oxygen atoms in total. The summed E-state index contributed by atoms with van der Waals surface area (Å²) in [6.45, 7) is 0. The molecular weight excluding hydrogens is 242 g/mol. The van der Waals surface area contributed by atoms with Crippen LogP contribution in [0.3, 0.4) is 0 Å². The number of rotatable bonds is 3. The van der Waals surface area contributed by atoms with Gasteiger partial charge in [-0.05, 0) is 17.8 Å². The zero-order chi connectivity index (χ0) is 12.4. The molecule has 8 heteroatoms. The molecule has 0 atom stereocenters. The zero-order valence-corrected chi connectivity index (χ0v) is 9.72. The Morgan fingerprint density at radius 3 is 2.88 bits per heavy atom. The summed E-state index contributed by atoms with van der Waals surface area (Å²) in [6, 6.07) is 2.74. The molecule has 0 aliphatic carbocycles. The van der Waals surface area contributed by atoms with Gasteiger partial charge in [0, 0.05) is 25.5 Å². The quantitative estimate of drug-likeness (QED) is 0.654. The van der Waals surface area contributed by atoms with Crippen LogP contribution >= 0.6 is 11.8 Å². The highest BCUT2D eigenvalue weighted by Gasteiger charge is 2.18. The van der Waals surface area contributed by atoms with Gasteiger partial charge in [0.1, 0.15) is 5.82 Å². The molecular formula is C9H9N5O2S. The van der Waals surface area contributed by atoms with Crippen LogP contribution in [0.25, 0.3) is 0 Å². The maximum absolute atomic E-state index is 10.8. The highest BCUT2D eigenvalue weighted by molar-refractivity contribution is 7.99. The van der Waals surface area contributed by atoms with Crippen LogP contribution < -0.4 is 5.73 Å². The fraction of sp³-hybridized carbons (Fsp3) is 0.111. The van der Waals surface area contributed by atoms with Gasteiger partial charge < -0.3 is 10.3 Å². The second-order valence-corrected chi connectivity index (χ2v) is 4.20. The molecule has 0 spiro atoms. The zero-order valence-electron chi connectivity index (χ0n) is 8.90. The van der Waals surface area contributed by atoms with E-state index in [9.17, 15) is 10.1 Å². The van der Waals surface area contributed by atoms with E-state index in [4.69, 9.17) is 5.73 Å². The van der Waals surface area contributed by atoms with Crippen LogP contribution in [-0.4, -0.2) is 19.5 Å². The van der Waals surface area contributed by atoms with Crippen molar-refractivity contribution in [1.82, 2.24) is 14.5 Å². The van der Waals surface area contributed by atoms with Crippen molar-refractivity contribution in [2.45, 2.75) is 10.2 Å². The summed E-state index contributed by atoms with van der Waals surface area (Å²) >= 11 is 1.11. The summed E-state index contributed by atoms with van der Waals surface area (Å²) in [4.78, 5) is 18.4. The highest BCUT2D eigenvalue weighted by Crippen LogP contribution is 2.32. The molecule has 2 aromatic heterocycles. The van der Waals surface area contributed by atoms with Crippen LogP contribution in [0.1, 0.15) is 0 Å². The summed E-state index contributed by atoms with van der Waals surface area (Å²) in [5.41, 5.74) is 5.44. The second-order valence-electron chi connectivity index (χ2n) is 3.24. The largest absolute Gasteiger partial charge is 0.384 e. The molecule has 2 heterocycles. The highest BCUT2D eigenvalue weighted by atomic mass is 32.2. The van der Waals surface area contributed by atoms with Crippen molar-refractivity contribution in [2.75, 3.05) is 5.73 Å². The van der Waals surface area contributed by atoms with Crippen molar-refractivity contribution in [2.24, 2.45) is 7.05 Å². The van der Waals surface area contributed by atoms with Gasteiger partial charge in [0.2, 0.25) is 0 Å². The predicted molar refractivity (Wildman–Crippen MR) is 62.6 cm³/mol.